The van der Waals surface area contributed by atoms with Gasteiger partial charge < -0.3 is 23.6 Å². The number of fused-ring (bicyclic) bond motifs is 15. The average molecular weight is 1600 g/mol. The van der Waals surface area contributed by atoms with E-state index in [0.717, 1.165) is 36.3 Å². The number of nitrogens with zero attached hydrogens (tertiary/aromatic N) is 4. The van der Waals surface area contributed by atoms with Gasteiger partial charge in [0.05, 0.1) is 44.1 Å². The van der Waals surface area contributed by atoms with Gasteiger partial charge in [-0.25, -0.2) is 0 Å². The highest BCUT2D eigenvalue weighted by Crippen LogP contribution is 2.49. The van der Waals surface area contributed by atoms with E-state index in [1.807, 2.05) is 18.2 Å². The van der Waals surface area contributed by atoms with Crippen molar-refractivity contribution in [3.63, 3.8) is 0 Å². The van der Waals surface area contributed by atoms with Crippen molar-refractivity contribution in [2.75, 3.05) is 5.32 Å². The number of rotatable bonds is 14. The number of hydrogen-bond donors (Lipinski definition) is 1. The zero-order chi connectivity index (χ0) is 83.6. The van der Waals surface area contributed by atoms with Crippen LogP contribution in [0.5, 0.6) is 0 Å². The third kappa shape index (κ3) is 15.1. The first kappa shape index (κ1) is 76.6. The molecule has 0 aliphatic heterocycles. The fourth-order valence-electron chi connectivity index (χ4n) is 19.0. The SMILES string of the molecule is CC1(C)c2ccccc2-c2ccc(Cc3ccc4c5ccccc5n(-c5ccccc5)c4c3)cc21.c1ccc(-c2ccc(Cc3ccc4c5ccccc5n(-c5ccccc5)c4c3)cc2)cc1.c1ccc(Cc2ccc3c4ccccc4n(-c4ccccc4)c3c2)cc1.c1ccc(Nc2ccc3c4ccccc4n(-c4ccc(-c5ccccc5)cc4)c3c2)cc1. The molecule has 0 radical (unpaired) electrons. The van der Waals surface area contributed by atoms with Crippen LogP contribution in [0.4, 0.5) is 11.4 Å². The fourth-order valence-corrected chi connectivity index (χ4v) is 19.0. The summed E-state index contributed by atoms with van der Waals surface area (Å²) in [6.45, 7) is 4.71. The maximum absolute atomic E-state index is 3.54. The van der Waals surface area contributed by atoms with Crippen LogP contribution >= 0.6 is 0 Å². The third-order valence-electron chi connectivity index (χ3n) is 25.0. The number of hydrogen-bond acceptors (Lipinski definition) is 1. The van der Waals surface area contributed by atoms with Crippen molar-refractivity contribution in [2.45, 2.75) is 38.5 Å². The summed E-state index contributed by atoms with van der Waals surface area (Å²) in [6, 6.07) is 170. The molecule has 125 heavy (non-hydrogen) atoms. The monoisotopic (exact) mass is 1600 g/mol. The van der Waals surface area contributed by atoms with E-state index in [2.05, 4.69) is 492 Å². The van der Waals surface area contributed by atoms with E-state index in [9.17, 15) is 0 Å². The summed E-state index contributed by atoms with van der Waals surface area (Å²) in [5.41, 5.74) is 35.6. The molecule has 4 aromatic heterocycles. The van der Waals surface area contributed by atoms with Crippen molar-refractivity contribution in [3.05, 3.63) is 518 Å². The lowest BCUT2D eigenvalue weighted by molar-refractivity contribution is 0.659. The minimum atomic E-state index is 0.0334. The third-order valence-corrected chi connectivity index (χ3v) is 25.0. The van der Waals surface area contributed by atoms with Crippen molar-refractivity contribution in [1.29, 1.82) is 0 Å². The van der Waals surface area contributed by atoms with Crippen LogP contribution in [0.25, 0.3) is 143 Å². The predicted molar refractivity (Wildman–Crippen MR) is 529 cm³/mol. The topological polar surface area (TPSA) is 31.8 Å². The highest BCUT2D eigenvalue weighted by atomic mass is 15.0. The molecule has 1 N–H and O–H groups in total. The van der Waals surface area contributed by atoms with Crippen LogP contribution in [-0.2, 0) is 24.7 Å². The molecule has 23 aromatic rings. The van der Waals surface area contributed by atoms with E-state index in [1.54, 1.807) is 0 Å². The largest absolute Gasteiger partial charge is 0.355 e. The molecule has 0 bridgehead atoms. The average Bonchev–Trinajstić information content (AvgIpc) is 1.59. The predicted octanol–water partition coefficient (Wildman–Crippen LogP) is 31.3. The zero-order valence-electron chi connectivity index (χ0n) is 69.9. The maximum atomic E-state index is 3.54. The van der Waals surface area contributed by atoms with E-state index in [1.165, 1.54) is 182 Å². The Labute approximate surface area is 729 Å². The molecule has 0 atom stereocenters. The first-order valence-corrected chi connectivity index (χ1v) is 43.4. The molecule has 0 unspecified atom stereocenters. The van der Waals surface area contributed by atoms with Crippen LogP contribution in [0.15, 0.2) is 473 Å². The van der Waals surface area contributed by atoms with Gasteiger partial charge in [-0.1, -0.05) is 372 Å². The van der Waals surface area contributed by atoms with Crippen molar-refractivity contribution >= 4 is 98.6 Å². The van der Waals surface area contributed by atoms with E-state index >= 15 is 0 Å². The van der Waals surface area contributed by atoms with E-state index < -0.39 is 0 Å². The molecule has 5 heteroatoms. The Bertz CT molecular complexity index is 7800. The Balaban J connectivity index is 0.000000102. The molecular weight excluding hydrogens is 1510 g/mol. The van der Waals surface area contributed by atoms with Crippen molar-refractivity contribution in [2.24, 2.45) is 0 Å². The summed E-state index contributed by atoms with van der Waals surface area (Å²) in [5, 5.41) is 13.9. The Kier molecular flexibility index (Phi) is 20.6. The van der Waals surface area contributed by atoms with E-state index in [4.69, 9.17) is 0 Å². The van der Waals surface area contributed by atoms with Crippen molar-refractivity contribution < 1.29 is 0 Å². The zero-order valence-corrected chi connectivity index (χ0v) is 69.9. The molecule has 19 aromatic carbocycles. The summed E-state index contributed by atoms with van der Waals surface area (Å²) < 4.78 is 9.51. The molecule has 1 aliphatic rings. The van der Waals surface area contributed by atoms with Crippen LogP contribution in [0.1, 0.15) is 58.4 Å². The molecule has 0 fully saturated rings. The highest BCUT2D eigenvalue weighted by molar-refractivity contribution is 6.13. The van der Waals surface area contributed by atoms with Gasteiger partial charge in [-0.05, 0) is 212 Å². The van der Waals surface area contributed by atoms with Crippen molar-refractivity contribution in [1.82, 2.24) is 18.3 Å². The smallest absolute Gasteiger partial charge is 0.0561 e. The van der Waals surface area contributed by atoms with Crippen LogP contribution in [0.3, 0.4) is 0 Å². The quantitative estimate of drug-likeness (QED) is 0.116. The lowest BCUT2D eigenvalue weighted by atomic mass is 9.81. The van der Waals surface area contributed by atoms with Crippen molar-refractivity contribution in [3.8, 4) is 56.1 Å². The molecule has 596 valence electrons. The number of nitrogens with one attached hydrogen (secondary N) is 1. The second-order valence-electron chi connectivity index (χ2n) is 33.2. The summed E-state index contributed by atoms with van der Waals surface area (Å²) in [4.78, 5) is 0. The molecule has 5 nitrogen and oxygen atoms in total. The van der Waals surface area contributed by atoms with Crippen LogP contribution < -0.4 is 5.32 Å². The number of benzene rings is 19. The van der Waals surface area contributed by atoms with Gasteiger partial charge in [-0.15, -0.1) is 0 Å². The lowest BCUT2D eigenvalue weighted by Gasteiger charge is -2.22. The number of para-hydroxylation sites is 8. The molecule has 0 saturated heterocycles. The van der Waals surface area contributed by atoms with Gasteiger partial charge in [0.25, 0.3) is 0 Å². The van der Waals surface area contributed by atoms with Gasteiger partial charge in [0.15, 0.2) is 0 Å². The lowest BCUT2D eigenvalue weighted by Crippen LogP contribution is -2.15. The van der Waals surface area contributed by atoms with E-state index in [-0.39, 0.29) is 5.41 Å². The summed E-state index contributed by atoms with van der Waals surface area (Å²) >= 11 is 0. The Hall–Kier alpha value is -15.8. The normalized spacial score (nSPS) is 11.9. The van der Waals surface area contributed by atoms with Gasteiger partial charge in [0.1, 0.15) is 0 Å². The summed E-state index contributed by atoms with van der Waals surface area (Å²) in [5.74, 6) is 0. The van der Waals surface area contributed by atoms with Gasteiger partial charge in [0.2, 0.25) is 0 Å². The minimum Gasteiger partial charge on any atom is -0.355 e. The molecule has 4 heterocycles. The molecule has 24 rings (SSSR count). The van der Waals surface area contributed by atoms with Gasteiger partial charge in [0, 0.05) is 82.6 Å². The second-order valence-corrected chi connectivity index (χ2v) is 33.2. The molecule has 1 aliphatic carbocycles. The Morgan fingerprint density at radius 1 is 0.184 bits per heavy atom. The van der Waals surface area contributed by atoms with Crippen LogP contribution in [-0.4, -0.2) is 18.3 Å². The Morgan fingerprint density at radius 3 is 0.896 bits per heavy atom. The molecule has 0 spiro atoms. The summed E-state index contributed by atoms with van der Waals surface area (Å²) in [7, 11) is 0. The molecule has 0 amide bonds. The standard InChI is InChI=1S/C34H27N.C31H23N.C30H22N2.C25H19N/c1-34(2)30-14-8-6-12-26(30)27-18-16-23(21-31(27)34)20-24-17-19-29-28-13-7-9-15-32(28)35(33(29)22-24)25-10-4-3-5-11-25;1-3-9-25(10-4-1)26-18-15-23(16-19-26)21-24-17-20-29-28-13-7-8-14-30(28)32(31(29)22-24)27-11-5-2-6-12-27;1-3-9-22(10-4-1)23-15-18-26(19-16-23)32-29-14-8-7-13-27(29)28-20-17-25(21-30(28)32)31-24-11-5-2-6-12-24;1-3-9-19(10-4-1)17-20-15-16-23-22-13-7-8-14-24(22)26(25(23)18-20)21-11-5-2-6-12-21/h3-19,21-22H,20H2,1-2H3;1-20,22H,21H2;1-21,31H;1-16,18H,17H2. The van der Waals surface area contributed by atoms with Gasteiger partial charge in [-0.3, -0.25) is 0 Å². The van der Waals surface area contributed by atoms with E-state index in [0.29, 0.717) is 0 Å². The van der Waals surface area contributed by atoms with Crippen LogP contribution in [0.2, 0.25) is 0 Å². The first-order chi connectivity index (χ1) is 61.7. The molecule has 0 saturated carbocycles. The van der Waals surface area contributed by atoms with Gasteiger partial charge >= 0.3 is 0 Å². The summed E-state index contributed by atoms with van der Waals surface area (Å²) in [6.07, 6.45) is 2.79. The number of anilines is 2. The highest BCUT2D eigenvalue weighted by Gasteiger charge is 2.35. The maximum Gasteiger partial charge on any atom is 0.0561 e. The van der Waals surface area contributed by atoms with Gasteiger partial charge in [-0.2, -0.15) is 0 Å². The van der Waals surface area contributed by atoms with Crippen LogP contribution in [0, 0.1) is 0 Å². The fraction of sp³-hybridized carbons (Fsp3) is 0.0500. The first-order valence-electron chi connectivity index (χ1n) is 43.4. The second kappa shape index (κ2) is 33.6. The number of aromatic nitrogens is 4. The molecular formula is C120H91N5. The Morgan fingerprint density at radius 2 is 0.464 bits per heavy atom. The minimum absolute atomic E-state index is 0.0334.